The minimum Gasteiger partial charge on any atom is -0.447 e. The smallest absolute Gasteiger partial charge is 0.447 e. The van der Waals surface area contributed by atoms with Gasteiger partial charge in [0.1, 0.15) is 6.61 Å². The van der Waals surface area contributed by atoms with E-state index in [0.29, 0.717) is 0 Å². The fourth-order valence-electron chi connectivity index (χ4n) is 1.92. The molecule has 0 aliphatic carbocycles. The summed E-state index contributed by atoms with van der Waals surface area (Å²) in [6.45, 7) is -0.0479. The van der Waals surface area contributed by atoms with Crippen LogP contribution in [0.15, 0.2) is 60.7 Å². The molecule has 0 bridgehead atoms. The fourth-order valence-corrected chi connectivity index (χ4v) is 3.06. The molecule has 1 amide bonds. The van der Waals surface area contributed by atoms with Crippen molar-refractivity contribution in [1.82, 2.24) is 5.32 Å². The number of ether oxygens (including phenoxy) is 1. The maximum absolute atomic E-state index is 12.9. The van der Waals surface area contributed by atoms with Gasteiger partial charge in [0, 0.05) is 7.05 Å². The topological polar surface area (TPSA) is 83.1 Å². The third-order valence-corrected chi connectivity index (χ3v) is 4.62. The number of hydrogen-bond donors (Lipinski definition) is 1. The Kier molecular flexibility index (Phi) is 8.31. The SMILES string of the molecule is CNC(=O)OCCOP(=O)(OCc1ccccc1)OCc1ccccc1. The highest BCUT2D eigenvalue weighted by molar-refractivity contribution is 7.48. The van der Waals surface area contributed by atoms with Crippen molar-refractivity contribution in [3.05, 3.63) is 71.8 Å². The molecule has 0 fully saturated rings. The van der Waals surface area contributed by atoms with E-state index in [4.69, 9.17) is 18.3 Å². The second kappa shape index (κ2) is 10.7. The van der Waals surface area contributed by atoms with Gasteiger partial charge in [-0.25, -0.2) is 9.36 Å². The quantitative estimate of drug-likeness (QED) is 0.498. The van der Waals surface area contributed by atoms with Crippen LogP contribution in [0.4, 0.5) is 4.79 Å². The Morgan fingerprint density at radius 3 is 1.81 bits per heavy atom. The molecule has 2 aromatic rings. The monoisotopic (exact) mass is 379 g/mol. The molecule has 8 heteroatoms. The van der Waals surface area contributed by atoms with E-state index in [1.54, 1.807) is 0 Å². The summed E-state index contributed by atoms with van der Waals surface area (Å²) < 4.78 is 33.8. The summed E-state index contributed by atoms with van der Waals surface area (Å²) in [5.41, 5.74) is 1.67. The minimum absolute atomic E-state index is 0.0726. The van der Waals surface area contributed by atoms with Gasteiger partial charge in [-0.15, -0.1) is 0 Å². The molecule has 7 nitrogen and oxygen atoms in total. The van der Waals surface area contributed by atoms with Gasteiger partial charge in [-0.2, -0.15) is 0 Å². The van der Waals surface area contributed by atoms with Crippen LogP contribution in [0.1, 0.15) is 11.1 Å². The molecule has 1 N–H and O–H groups in total. The zero-order valence-corrected chi connectivity index (χ0v) is 15.4. The number of rotatable bonds is 10. The van der Waals surface area contributed by atoms with E-state index in [0.717, 1.165) is 11.1 Å². The standard InChI is InChI=1S/C18H22NO6P/c1-19-18(20)22-12-13-23-26(21,24-14-16-8-4-2-5-9-16)25-15-17-10-6-3-7-11-17/h2-11H,12-15H2,1H3,(H,19,20). The van der Waals surface area contributed by atoms with Crippen LogP contribution in [0.3, 0.4) is 0 Å². The zero-order valence-electron chi connectivity index (χ0n) is 14.5. The van der Waals surface area contributed by atoms with E-state index in [-0.39, 0.29) is 26.4 Å². The van der Waals surface area contributed by atoms with Crippen molar-refractivity contribution in [1.29, 1.82) is 0 Å². The van der Waals surface area contributed by atoms with Crippen molar-refractivity contribution in [2.75, 3.05) is 20.3 Å². The van der Waals surface area contributed by atoms with E-state index in [1.165, 1.54) is 7.05 Å². The summed E-state index contributed by atoms with van der Waals surface area (Å²) in [5.74, 6) is 0. The Morgan fingerprint density at radius 2 is 1.35 bits per heavy atom. The summed E-state index contributed by atoms with van der Waals surface area (Å²) >= 11 is 0. The summed E-state index contributed by atoms with van der Waals surface area (Å²) in [6, 6.07) is 18.5. The van der Waals surface area contributed by atoms with Crippen molar-refractivity contribution >= 4 is 13.9 Å². The number of phosphoric acid groups is 1. The first-order valence-electron chi connectivity index (χ1n) is 8.07. The normalized spacial score (nSPS) is 11.1. The molecule has 2 aromatic carbocycles. The lowest BCUT2D eigenvalue weighted by molar-refractivity contribution is 0.0774. The molecule has 0 spiro atoms. The first-order chi connectivity index (χ1) is 12.6. The van der Waals surface area contributed by atoms with E-state index >= 15 is 0 Å². The van der Waals surface area contributed by atoms with Crippen molar-refractivity contribution in [2.45, 2.75) is 13.2 Å². The van der Waals surface area contributed by atoms with E-state index < -0.39 is 13.9 Å². The maximum atomic E-state index is 12.9. The average molecular weight is 379 g/mol. The molecule has 0 saturated carbocycles. The Balaban J connectivity index is 1.92. The maximum Gasteiger partial charge on any atom is 0.475 e. The fraction of sp³-hybridized carbons (Fsp3) is 0.278. The van der Waals surface area contributed by atoms with Crippen LogP contribution in [0.5, 0.6) is 0 Å². The number of benzene rings is 2. The molecule has 0 saturated heterocycles. The lowest BCUT2D eigenvalue weighted by Gasteiger charge is -2.18. The second-order valence-corrected chi connectivity index (χ2v) is 6.85. The number of phosphoric ester groups is 1. The molecule has 0 atom stereocenters. The van der Waals surface area contributed by atoms with Gasteiger partial charge in [0.25, 0.3) is 0 Å². The molecular formula is C18H22NO6P. The molecule has 0 unspecified atom stereocenters. The van der Waals surface area contributed by atoms with E-state index in [1.807, 2.05) is 60.7 Å². The van der Waals surface area contributed by atoms with Crippen molar-refractivity contribution in [3.8, 4) is 0 Å². The number of alkyl carbamates (subject to hydrolysis) is 1. The number of nitrogens with one attached hydrogen (secondary N) is 1. The third kappa shape index (κ3) is 7.37. The predicted molar refractivity (Wildman–Crippen MR) is 96.4 cm³/mol. The van der Waals surface area contributed by atoms with E-state index in [9.17, 15) is 9.36 Å². The minimum atomic E-state index is -3.83. The van der Waals surface area contributed by atoms with Gasteiger partial charge in [-0.3, -0.25) is 13.6 Å². The van der Waals surface area contributed by atoms with E-state index in [2.05, 4.69) is 5.32 Å². The Morgan fingerprint density at radius 1 is 0.846 bits per heavy atom. The van der Waals surface area contributed by atoms with Gasteiger partial charge >= 0.3 is 13.9 Å². The average Bonchev–Trinajstić information content (AvgIpc) is 2.70. The van der Waals surface area contributed by atoms with Crippen LogP contribution >= 0.6 is 7.82 Å². The Bertz CT molecular complexity index is 663. The van der Waals surface area contributed by atoms with Crippen LogP contribution in [-0.2, 0) is 36.1 Å². The number of carbonyl (C=O) groups excluding carboxylic acids is 1. The van der Waals surface area contributed by atoms with Gasteiger partial charge < -0.3 is 10.1 Å². The Hall–Kier alpha value is -2.18. The summed E-state index contributed by atoms with van der Waals surface area (Å²) in [5, 5.41) is 2.31. The lowest BCUT2D eigenvalue weighted by Crippen LogP contribution is -2.21. The van der Waals surface area contributed by atoms with Crippen molar-refractivity contribution in [2.24, 2.45) is 0 Å². The van der Waals surface area contributed by atoms with Crippen LogP contribution in [0, 0.1) is 0 Å². The molecule has 0 radical (unpaired) electrons. The van der Waals surface area contributed by atoms with Gasteiger partial charge in [0.2, 0.25) is 0 Å². The van der Waals surface area contributed by atoms with Crippen LogP contribution in [0.2, 0.25) is 0 Å². The highest BCUT2D eigenvalue weighted by Crippen LogP contribution is 2.50. The number of hydrogen-bond acceptors (Lipinski definition) is 6. The molecule has 26 heavy (non-hydrogen) atoms. The number of amides is 1. The highest BCUT2D eigenvalue weighted by Gasteiger charge is 2.27. The van der Waals surface area contributed by atoms with Crippen LogP contribution < -0.4 is 5.32 Å². The molecule has 0 aliphatic rings. The molecule has 0 heterocycles. The van der Waals surface area contributed by atoms with Gasteiger partial charge in [0.05, 0.1) is 19.8 Å². The van der Waals surface area contributed by atoms with Crippen molar-refractivity contribution < 1.29 is 27.7 Å². The van der Waals surface area contributed by atoms with Gasteiger partial charge in [-0.1, -0.05) is 60.7 Å². The molecule has 140 valence electrons. The summed E-state index contributed by atoms with van der Waals surface area (Å²) in [7, 11) is -2.39. The molecule has 0 aromatic heterocycles. The first kappa shape index (κ1) is 20.1. The first-order valence-corrected chi connectivity index (χ1v) is 9.53. The molecule has 0 aliphatic heterocycles. The predicted octanol–water partition coefficient (Wildman–Crippen LogP) is 3.90. The summed E-state index contributed by atoms with van der Waals surface area (Å²) in [6.07, 6.45) is -0.598. The van der Waals surface area contributed by atoms with Gasteiger partial charge in [-0.05, 0) is 11.1 Å². The Labute approximate surface area is 152 Å². The zero-order chi connectivity index (χ0) is 18.7. The molecular weight excluding hydrogens is 357 g/mol. The van der Waals surface area contributed by atoms with Crippen LogP contribution in [0.25, 0.3) is 0 Å². The summed E-state index contributed by atoms with van der Waals surface area (Å²) in [4.78, 5) is 11.0. The van der Waals surface area contributed by atoms with Crippen LogP contribution in [-0.4, -0.2) is 26.4 Å². The lowest BCUT2D eigenvalue weighted by atomic mass is 10.2. The molecule has 2 rings (SSSR count). The second-order valence-electron chi connectivity index (χ2n) is 5.18. The largest absolute Gasteiger partial charge is 0.475 e. The van der Waals surface area contributed by atoms with Crippen molar-refractivity contribution in [3.63, 3.8) is 0 Å². The third-order valence-electron chi connectivity index (χ3n) is 3.23. The van der Waals surface area contributed by atoms with Gasteiger partial charge in [0.15, 0.2) is 0 Å². The highest BCUT2D eigenvalue weighted by atomic mass is 31.2. The number of carbonyl (C=O) groups is 1.